The zero-order valence-electron chi connectivity index (χ0n) is 6.15. The standard InChI is InChI=1S/C6H11O.ClH.Hg/c1-4-5-6(2)7-3;;/h4,6H,1-3H3;1H;/q;;+1/p-1/t6-;;/m0../s1. The molecule has 9 heavy (non-hydrogen) atoms. The van der Waals surface area contributed by atoms with Crippen molar-refractivity contribution < 1.29 is 44.8 Å². The van der Waals surface area contributed by atoms with Gasteiger partial charge in [-0.1, -0.05) is 6.08 Å². The van der Waals surface area contributed by atoms with Gasteiger partial charge in [-0.15, -0.1) is 0 Å². The average Bonchev–Trinajstić information content (AvgIpc) is 1.68. The number of methoxy groups -OCH3 is 1. The van der Waals surface area contributed by atoms with Crippen LogP contribution in [0.1, 0.15) is 13.8 Å². The van der Waals surface area contributed by atoms with Gasteiger partial charge in [0.1, 0.15) is 0 Å². The summed E-state index contributed by atoms with van der Waals surface area (Å²) in [5, 5.41) is 0. The van der Waals surface area contributed by atoms with E-state index in [1.165, 1.54) is 0 Å². The van der Waals surface area contributed by atoms with E-state index in [4.69, 9.17) is 4.74 Å². The summed E-state index contributed by atoms with van der Waals surface area (Å²) in [6.45, 7) is 3.87. The van der Waals surface area contributed by atoms with E-state index in [-0.39, 0.29) is 46.2 Å². The van der Waals surface area contributed by atoms with Gasteiger partial charge in [0.25, 0.3) is 0 Å². The maximum absolute atomic E-state index is 4.85. The summed E-state index contributed by atoms with van der Waals surface area (Å²) in [5.74, 6) is 0. The van der Waals surface area contributed by atoms with Gasteiger partial charge in [-0.05, 0) is 19.9 Å². The van der Waals surface area contributed by atoms with Gasteiger partial charge in [0.05, 0.1) is 6.10 Å². The number of halogens is 1. The third kappa shape index (κ3) is 12.2. The quantitative estimate of drug-likeness (QED) is 0.553. The average molecular weight is 335 g/mol. The summed E-state index contributed by atoms with van der Waals surface area (Å²) in [6.07, 6.45) is 4.95. The second-order valence-electron chi connectivity index (χ2n) is 1.33. The molecule has 0 heterocycles. The van der Waals surface area contributed by atoms with E-state index < -0.39 is 0 Å². The van der Waals surface area contributed by atoms with Crippen LogP contribution in [0.25, 0.3) is 0 Å². The fourth-order valence-electron chi connectivity index (χ4n) is 0.303. The van der Waals surface area contributed by atoms with E-state index in [1.54, 1.807) is 7.11 Å². The minimum atomic E-state index is 0. The molecule has 0 aliphatic carbocycles. The van der Waals surface area contributed by atoms with Crippen molar-refractivity contribution in [2.75, 3.05) is 7.11 Å². The van der Waals surface area contributed by atoms with Crippen molar-refractivity contribution in [1.82, 2.24) is 0 Å². The van der Waals surface area contributed by atoms with Crippen molar-refractivity contribution in [3.63, 3.8) is 0 Å². The molecule has 1 nitrogen and oxygen atoms in total. The number of rotatable bonds is 2. The second-order valence-corrected chi connectivity index (χ2v) is 1.33. The normalized spacial score (nSPS) is 11.9. The van der Waals surface area contributed by atoms with Crippen molar-refractivity contribution in [2.45, 2.75) is 20.0 Å². The van der Waals surface area contributed by atoms with Crippen LogP contribution in [-0.4, -0.2) is 13.2 Å². The van der Waals surface area contributed by atoms with E-state index in [2.05, 4.69) is 6.08 Å². The van der Waals surface area contributed by atoms with Crippen LogP contribution in [-0.2, 0) is 32.4 Å². The first-order chi connectivity index (χ1) is 3.31. The third-order valence-electron chi connectivity index (χ3n) is 0.755. The maximum atomic E-state index is 4.85. The summed E-state index contributed by atoms with van der Waals surface area (Å²) >= 11 is 0. The van der Waals surface area contributed by atoms with E-state index >= 15 is 0 Å². The van der Waals surface area contributed by atoms with Gasteiger partial charge < -0.3 is 17.1 Å². The topological polar surface area (TPSA) is 9.23 Å². The van der Waals surface area contributed by atoms with Crippen LogP contribution < -0.4 is 12.4 Å². The van der Waals surface area contributed by atoms with Gasteiger partial charge in [-0.25, -0.2) is 0 Å². The summed E-state index contributed by atoms with van der Waals surface area (Å²) < 4.78 is 4.85. The van der Waals surface area contributed by atoms with Crippen LogP contribution >= 0.6 is 0 Å². The van der Waals surface area contributed by atoms with Crippen molar-refractivity contribution >= 4 is 0 Å². The second kappa shape index (κ2) is 11.7. The molecule has 0 fully saturated rings. The zero-order valence-corrected chi connectivity index (χ0v) is 12.4. The number of hydrogen-bond donors (Lipinski definition) is 0. The fraction of sp³-hybridized carbons (Fsp3) is 0.667. The van der Waals surface area contributed by atoms with E-state index in [9.17, 15) is 0 Å². The molecule has 0 bridgehead atoms. The van der Waals surface area contributed by atoms with Gasteiger partial charge >= 0.3 is 27.7 Å². The Labute approximate surface area is 83.8 Å². The van der Waals surface area contributed by atoms with E-state index in [0.29, 0.717) is 0 Å². The SMILES string of the molecule is CC=[C][C@H](C)OC.[Cl-].[Hg+]. The van der Waals surface area contributed by atoms with E-state index in [0.717, 1.165) is 0 Å². The summed E-state index contributed by atoms with van der Waals surface area (Å²) in [5.41, 5.74) is 0. The van der Waals surface area contributed by atoms with Crippen molar-refractivity contribution in [2.24, 2.45) is 0 Å². The fourth-order valence-corrected chi connectivity index (χ4v) is 0.303. The Kier molecular flexibility index (Phi) is 21.4. The molecule has 0 aliphatic rings. The molecular weight excluding hydrogens is 324 g/mol. The largest absolute Gasteiger partial charge is 1.00 e. The number of ether oxygens (including phenoxy) is 1. The smallest absolute Gasteiger partial charge is 1.00 e. The molecule has 50 valence electrons. The zero-order chi connectivity index (χ0) is 5.70. The molecule has 0 amide bonds. The molecule has 0 saturated heterocycles. The molecule has 0 aromatic carbocycles. The Morgan fingerprint density at radius 2 is 2.00 bits per heavy atom. The Morgan fingerprint density at radius 1 is 1.56 bits per heavy atom. The van der Waals surface area contributed by atoms with Crippen LogP contribution in [0.15, 0.2) is 6.08 Å². The molecule has 0 saturated carbocycles. The summed E-state index contributed by atoms with van der Waals surface area (Å²) in [4.78, 5) is 0. The van der Waals surface area contributed by atoms with Crippen LogP contribution in [0.5, 0.6) is 0 Å². The Bertz CT molecular complexity index is 66.1. The molecule has 0 unspecified atom stereocenters. The Balaban J connectivity index is -0.000000180. The number of hydrogen-bond acceptors (Lipinski definition) is 1. The van der Waals surface area contributed by atoms with Gasteiger partial charge in [0, 0.05) is 7.11 Å². The minimum absolute atomic E-state index is 0. The predicted octanol–water partition coefficient (Wildman–Crippen LogP) is -1.60. The molecule has 0 spiro atoms. The maximum Gasteiger partial charge on any atom is 1.00 e. The van der Waals surface area contributed by atoms with Crippen molar-refractivity contribution in [1.29, 1.82) is 0 Å². The van der Waals surface area contributed by atoms with Gasteiger partial charge in [0.15, 0.2) is 0 Å². The first-order valence-corrected chi connectivity index (χ1v) is 2.38. The third-order valence-corrected chi connectivity index (χ3v) is 0.755. The molecule has 0 rings (SSSR count). The van der Waals surface area contributed by atoms with E-state index in [1.807, 2.05) is 19.9 Å². The molecule has 0 aromatic rings. The summed E-state index contributed by atoms with van der Waals surface area (Å²) in [7, 11) is 1.67. The Hall–Kier alpha value is 0.925. The van der Waals surface area contributed by atoms with Crippen LogP contribution in [0.4, 0.5) is 0 Å². The molecule has 0 aliphatic heterocycles. The number of allylic oxidation sites excluding steroid dienone is 1. The molecule has 2 radical (unpaired) electrons. The van der Waals surface area contributed by atoms with Crippen molar-refractivity contribution in [3.05, 3.63) is 12.2 Å². The van der Waals surface area contributed by atoms with Crippen LogP contribution in [0, 0.1) is 6.08 Å². The van der Waals surface area contributed by atoms with Gasteiger partial charge in [0.2, 0.25) is 0 Å². The Morgan fingerprint density at radius 3 is 2.11 bits per heavy atom. The first-order valence-electron chi connectivity index (χ1n) is 2.38. The minimum Gasteiger partial charge on any atom is -1.00 e. The van der Waals surface area contributed by atoms with Gasteiger partial charge in [-0.2, -0.15) is 0 Å². The van der Waals surface area contributed by atoms with Gasteiger partial charge in [-0.3, -0.25) is 0 Å². The monoisotopic (exact) mass is 336 g/mol. The first kappa shape index (κ1) is 16.5. The van der Waals surface area contributed by atoms with Crippen LogP contribution in [0.3, 0.4) is 0 Å². The van der Waals surface area contributed by atoms with Crippen LogP contribution in [0.2, 0.25) is 0 Å². The molecular formula is C6H11ClHgO. The molecule has 0 aromatic heterocycles. The molecule has 0 N–H and O–H groups in total. The predicted molar refractivity (Wildman–Crippen MR) is 30.0 cm³/mol. The summed E-state index contributed by atoms with van der Waals surface area (Å²) in [6, 6.07) is 0. The van der Waals surface area contributed by atoms with Crippen molar-refractivity contribution in [3.8, 4) is 0 Å². The molecule has 3 heteroatoms. The molecule has 1 atom stereocenters.